The number of aryl methyl sites for hydroxylation is 1. The first-order valence-electron chi connectivity index (χ1n) is 8.66. The second-order valence-corrected chi connectivity index (χ2v) is 7.77. The molecule has 5 nitrogen and oxygen atoms in total. The second kappa shape index (κ2) is 6.97. The van der Waals surface area contributed by atoms with Gasteiger partial charge in [-0.05, 0) is 42.7 Å². The van der Waals surface area contributed by atoms with Gasteiger partial charge in [0.1, 0.15) is 10.0 Å². The molecule has 1 aromatic heterocycles. The molecule has 0 unspecified atom stereocenters. The Bertz CT molecular complexity index is 935. The van der Waals surface area contributed by atoms with E-state index in [2.05, 4.69) is 22.3 Å². The van der Waals surface area contributed by atoms with Gasteiger partial charge in [-0.2, -0.15) is 0 Å². The summed E-state index contributed by atoms with van der Waals surface area (Å²) in [5, 5.41) is 10.2. The Hall–Kier alpha value is -2.57. The zero-order chi connectivity index (χ0) is 18.1. The molecule has 0 bridgehead atoms. The molecule has 132 valence electrons. The molecule has 1 aliphatic rings. The van der Waals surface area contributed by atoms with Gasteiger partial charge >= 0.3 is 0 Å². The number of amides is 1. The molecule has 0 aliphatic carbocycles. The average molecular weight is 364 g/mol. The van der Waals surface area contributed by atoms with E-state index in [-0.39, 0.29) is 11.9 Å². The Kier molecular flexibility index (Phi) is 4.53. The lowest BCUT2D eigenvalue weighted by atomic mass is 10.0. The number of nitrogens with zero attached hydrogens (tertiary/aromatic N) is 3. The molecule has 1 atom stereocenters. The van der Waals surface area contributed by atoms with Crippen LogP contribution >= 0.6 is 11.3 Å². The third-order valence-corrected chi connectivity index (χ3v) is 5.50. The first-order valence-corrected chi connectivity index (χ1v) is 9.47. The second-order valence-electron chi connectivity index (χ2n) is 6.58. The van der Waals surface area contributed by atoms with Gasteiger partial charge in [-0.3, -0.25) is 4.79 Å². The third-order valence-electron chi connectivity index (χ3n) is 4.61. The monoisotopic (exact) mass is 364 g/mol. The van der Waals surface area contributed by atoms with E-state index >= 15 is 0 Å². The van der Waals surface area contributed by atoms with Gasteiger partial charge in [0.25, 0.3) is 5.91 Å². The van der Waals surface area contributed by atoms with Gasteiger partial charge in [0, 0.05) is 30.3 Å². The van der Waals surface area contributed by atoms with E-state index in [1.54, 1.807) is 11.3 Å². The predicted molar refractivity (Wildman–Crippen MR) is 104 cm³/mol. The molecule has 1 amide bonds. The van der Waals surface area contributed by atoms with Crippen LogP contribution in [0.15, 0.2) is 48.5 Å². The van der Waals surface area contributed by atoms with Gasteiger partial charge in [0.2, 0.25) is 0 Å². The normalized spacial score (nSPS) is 16.8. The average Bonchev–Trinajstić information content (AvgIpc) is 3.30. The van der Waals surface area contributed by atoms with Crippen LogP contribution in [0.2, 0.25) is 0 Å². The molecule has 0 spiro atoms. The molecular weight excluding hydrogens is 344 g/mol. The van der Waals surface area contributed by atoms with Crippen LogP contribution in [-0.2, 0) is 0 Å². The van der Waals surface area contributed by atoms with E-state index in [1.807, 2.05) is 48.2 Å². The minimum Gasteiger partial charge on any atom is -0.337 e. The number of carbonyl (C=O) groups excluding carboxylic acids is 1. The smallest absolute Gasteiger partial charge is 0.253 e. The lowest BCUT2D eigenvalue weighted by molar-refractivity contribution is 0.0791. The number of hydrogen-bond acceptors (Lipinski definition) is 5. The highest BCUT2D eigenvalue weighted by atomic mass is 32.1. The molecule has 2 heterocycles. The summed E-state index contributed by atoms with van der Waals surface area (Å²) in [6, 6.07) is 16.1. The standard InChI is InChI=1S/C20H20N4OS/c1-13-22-23-19(26-13)17-4-2-3-16(11-17)14-5-7-15(8-6-14)20(25)24-10-9-18(21)12-24/h2-8,11,18H,9-10,12,21H2,1H3/t18-/m1/s1. The molecule has 26 heavy (non-hydrogen) atoms. The maximum Gasteiger partial charge on any atom is 0.253 e. The lowest BCUT2D eigenvalue weighted by Crippen LogP contribution is -2.31. The summed E-state index contributed by atoms with van der Waals surface area (Å²) in [6.45, 7) is 3.34. The van der Waals surface area contributed by atoms with Crippen LogP contribution < -0.4 is 5.73 Å². The lowest BCUT2D eigenvalue weighted by Gasteiger charge is -2.16. The van der Waals surface area contributed by atoms with Gasteiger partial charge in [-0.25, -0.2) is 0 Å². The Balaban J connectivity index is 1.56. The van der Waals surface area contributed by atoms with Crippen molar-refractivity contribution in [1.82, 2.24) is 15.1 Å². The Labute approximate surface area is 156 Å². The summed E-state index contributed by atoms with van der Waals surface area (Å²) in [6.07, 6.45) is 0.877. The minimum absolute atomic E-state index is 0.0579. The first-order chi connectivity index (χ1) is 12.6. The fourth-order valence-corrected chi connectivity index (χ4v) is 3.89. The fraction of sp³-hybridized carbons (Fsp3) is 0.250. The Morgan fingerprint density at radius 2 is 1.88 bits per heavy atom. The summed E-state index contributed by atoms with van der Waals surface area (Å²) in [5.74, 6) is 0.0579. The van der Waals surface area contributed by atoms with E-state index in [1.165, 1.54) is 0 Å². The van der Waals surface area contributed by atoms with Crippen LogP contribution in [0.4, 0.5) is 0 Å². The summed E-state index contributed by atoms with van der Waals surface area (Å²) in [7, 11) is 0. The van der Waals surface area contributed by atoms with Crippen LogP contribution in [-0.4, -0.2) is 40.1 Å². The van der Waals surface area contributed by atoms with Crippen molar-refractivity contribution in [3.05, 3.63) is 59.1 Å². The quantitative estimate of drug-likeness (QED) is 0.773. The first kappa shape index (κ1) is 16.9. The van der Waals surface area contributed by atoms with Crippen molar-refractivity contribution < 1.29 is 4.79 Å². The fourth-order valence-electron chi connectivity index (χ4n) is 3.20. The van der Waals surface area contributed by atoms with E-state index in [0.29, 0.717) is 12.1 Å². The van der Waals surface area contributed by atoms with Crippen molar-refractivity contribution in [2.24, 2.45) is 5.73 Å². The predicted octanol–water partition coefficient (Wildman–Crippen LogP) is 3.35. The van der Waals surface area contributed by atoms with Gasteiger partial charge < -0.3 is 10.6 Å². The maximum atomic E-state index is 12.5. The van der Waals surface area contributed by atoms with Gasteiger partial charge in [-0.15, -0.1) is 10.2 Å². The summed E-state index contributed by atoms with van der Waals surface area (Å²) in [5.41, 5.74) is 9.83. The maximum absolute atomic E-state index is 12.5. The van der Waals surface area contributed by atoms with Gasteiger partial charge in [0.05, 0.1) is 0 Å². The number of carbonyl (C=O) groups is 1. The number of nitrogens with two attached hydrogens (primary N) is 1. The summed E-state index contributed by atoms with van der Waals surface area (Å²) < 4.78 is 0. The highest BCUT2D eigenvalue weighted by Gasteiger charge is 2.24. The summed E-state index contributed by atoms with van der Waals surface area (Å²) >= 11 is 1.58. The van der Waals surface area contributed by atoms with Crippen molar-refractivity contribution in [2.75, 3.05) is 13.1 Å². The van der Waals surface area contributed by atoms with Crippen LogP contribution in [0.3, 0.4) is 0 Å². The largest absolute Gasteiger partial charge is 0.337 e. The molecule has 0 radical (unpaired) electrons. The number of hydrogen-bond donors (Lipinski definition) is 1. The molecular formula is C20H20N4OS. The molecule has 6 heteroatoms. The van der Waals surface area contributed by atoms with Crippen LogP contribution in [0, 0.1) is 6.92 Å². The van der Waals surface area contributed by atoms with Crippen molar-refractivity contribution in [3.63, 3.8) is 0 Å². The summed E-state index contributed by atoms with van der Waals surface area (Å²) in [4.78, 5) is 14.4. The van der Waals surface area contributed by atoms with Crippen molar-refractivity contribution in [2.45, 2.75) is 19.4 Å². The number of aromatic nitrogens is 2. The number of likely N-dealkylation sites (tertiary alicyclic amines) is 1. The molecule has 1 aliphatic heterocycles. The molecule has 2 N–H and O–H groups in total. The van der Waals surface area contributed by atoms with Crippen LogP contribution in [0.5, 0.6) is 0 Å². The molecule has 2 aromatic carbocycles. The molecule has 3 aromatic rings. The minimum atomic E-state index is 0.0579. The Morgan fingerprint density at radius 1 is 1.12 bits per heavy atom. The molecule has 1 fully saturated rings. The van der Waals surface area contributed by atoms with Gasteiger partial charge in [0.15, 0.2) is 0 Å². The third kappa shape index (κ3) is 3.38. The van der Waals surface area contributed by atoms with Crippen molar-refractivity contribution >= 4 is 17.2 Å². The van der Waals surface area contributed by atoms with E-state index in [9.17, 15) is 4.79 Å². The highest BCUT2D eigenvalue weighted by molar-refractivity contribution is 7.14. The van der Waals surface area contributed by atoms with Crippen LogP contribution in [0.1, 0.15) is 21.8 Å². The Morgan fingerprint density at radius 3 is 2.54 bits per heavy atom. The number of benzene rings is 2. The highest BCUT2D eigenvalue weighted by Crippen LogP contribution is 2.28. The van der Waals surface area contributed by atoms with Crippen molar-refractivity contribution in [1.29, 1.82) is 0 Å². The van der Waals surface area contributed by atoms with Crippen molar-refractivity contribution in [3.8, 4) is 21.7 Å². The van der Waals surface area contributed by atoms with E-state index in [4.69, 9.17) is 5.73 Å². The van der Waals surface area contributed by atoms with E-state index in [0.717, 1.165) is 39.7 Å². The van der Waals surface area contributed by atoms with Gasteiger partial charge in [-0.1, -0.05) is 41.7 Å². The van der Waals surface area contributed by atoms with E-state index < -0.39 is 0 Å². The SMILES string of the molecule is Cc1nnc(-c2cccc(-c3ccc(C(=O)N4CC[C@@H](N)C4)cc3)c2)s1. The van der Waals surface area contributed by atoms with Crippen LogP contribution in [0.25, 0.3) is 21.7 Å². The molecule has 1 saturated heterocycles. The molecule has 0 saturated carbocycles. The molecule has 4 rings (SSSR count). The zero-order valence-electron chi connectivity index (χ0n) is 14.6. The topological polar surface area (TPSA) is 72.1 Å². The zero-order valence-corrected chi connectivity index (χ0v) is 15.4. The number of rotatable bonds is 3.